The van der Waals surface area contributed by atoms with Gasteiger partial charge < -0.3 is 10.5 Å². The van der Waals surface area contributed by atoms with Crippen LogP contribution in [0, 0.1) is 0 Å². The van der Waals surface area contributed by atoms with Gasteiger partial charge >= 0.3 is 0 Å². The molecule has 1 fully saturated rings. The molecule has 1 aliphatic heterocycles. The van der Waals surface area contributed by atoms with E-state index in [1.807, 2.05) is 0 Å². The number of rotatable bonds is 2. The Morgan fingerprint density at radius 3 is 2.77 bits per heavy atom. The molecule has 0 radical (unpaired) electrons. The summed E-state index contributed by atoms with van der Waals surface area (Å²) in [5, 5.41) is 4.35. The van der Waals surface area contributed by atoms with Crippen LogP contribution in [0.25, 0.3) is 0 Å². The summed E-state index contributed by atoms with van der Waals surface area (Å²) >= 11 is 1.75. The van der Waals surface area contributed by atoms with Gasteiger partial charge in [0.25, 0.3) is 0 Å². The Balaban J connectivity index is 2.23. The number of hydrogen-bond donors (Lipinski definition) is 1. The van der Waals surface area contributed by atoms with E-state index in [1.165, 1.54) is 5.56 Å². The van der Waals surface area contributed by atoms with Crippen molar-refractivity contribution in [3.63, 3.8) is 0 Å². The van der Waals surface area contributed by atoms with Gasteiger partial charge in [-0.1, -0.05) is 0 Å². The maximum Gasteiger partial charge on any atom is 0.0475 e. The molecule has 1 aromatic heterocycles. The van der Waals surface area contributed by atoms with E-state index in [-0.39, 0.29) is 5.41 Å². The molecule has 0 aromatic carbocycles. The summed E-state index contributed by atoms with van der Waals surface area (Å²) in [6, 6.07) is 2.20. The van der Waals surface area contributed by atoms with Crippen LogP contribution < -0.4 is 5.73 Å². The molecule has 2 heterocycles. The van der Waals surface area contributed by atoms with Crippen molar-refractivity contribution in [2.24, 2.45) is 5.73 Å². The minimum absolute atomic E-state index is 0.207. The lowest BCUT2D eigenvalue weighted by Gasteiger charge is -2.35. The number of nitrogens with two attached hydrogens (primary N) is 1. The third kappa shape index (κ3) is 1.64. The fourth-order valence-corrected chi connectivity index (χ4v) is 2.72. The lowest BCUT2D eigenvalue weighted by atomic mass is 9.75. The Morgan fingerprint density at radius 2 is 2.23 bits per heavy atom. The van der Waals surface area contributed by atoms with Gasteiger partial charge in [0.2, 0.25) is 0 Å². The van der Waals surface area contributed by atoms with Gasteiger partial charge in [-0.15, -0.1) is 0 Å². The van der Waals surface area contributed by atoms with Crippen LogP contribution >= 0.6 is 11.3 Å². The van der Waals surface area contributed by atoms with Gasteiger partial charge in [-0.05, 0) is 35.2 Å². The van der Waals surface area contributed by atoms with Crippen molar-refractivity contribution in [3.05, 3.63) is 22.4 Å². The fourth-order valence-electron chi connectivity index (χ4n) is 1.94. The molecule has 0 atom stereocenters. The molecular weight excluding hydrogens is 182 g/mol. The largest absolute Gasteiger partial charge is 0.381 e. The van der Waals surface area contributed by atoms with Crippen molar-refractivity contribution >= 4 is 11.3 Å². The number of hydrogen-bond acceptors (Lipinski definition) is 3. The molecule has 0 amide bonds. The van der Waals surface area contributed by atoms with Crippen LogP contribution in [-0.4, -0.2) is 19.8 Å². The second-order valence-corrected chi connectivity index (χ2v) is 4.39. The quantitative estimate of drug-likeness (QED) is 0.784. The highest BCUT2D eigenvalue weighted by Crippen LogP contribution is 2.34. The Morgan fingerprint density at radius 1 is 1.46 bits per heavy atom. The predicted octanol–water partition coefficient (Wildman–Crippen LogP) is 1.76. The van der Waals surface area contributed by atoms with Gasteiger partial charge in [0.05, 0.1) is 0 Å². The first kappa shape index (κ1) is 9.19. The van der Waals surface area contributed by atoms with Crippen molar-refractivity contribution in [2.45, 2.75) is 18.3 Å². The molecule has 13 heavy (non-hydrogen) atoms. The topological polar surface area (TPSA) is 35.2 Å². The maximum atomic E-state index is 5.88. The highest BCUT2D eigenvalue weighted by Gasteiger charge is 2.33. The molecule has 0 saturated carbocycles. The normalized spacial score (nSPS) is 21.6. The van der Waals surface area contributed by atoms with Gasteiger partial charge in [-0.2, -0.15) is 11.3 Å². The van der Waals surface area contributed by atoms with Crippen LogP contribution in [-0.2, 0) is 10.2 Å². The van der Waals surface area contributed by atoms with Gasteiger partial charge in [-0.25, -0.2) is 0 Å². The second kappa shape index (κ2) is 3.78. The zero-order valence-corrected chi connectivity index (χ0v) is 8.48. The lowest BCUT2D eigenvalue weighted by Crippen LogP contribution is -2.40. The van der Waals surface area contributed by atoms with Crippen molar-refractivity contribution < 1.29 is 4.74 Å². The average Bonchev–Trinajstić information content (AvgIpc) is 2.72. The van der Waals surface area contributed by atoms with Crippen LogP contribution in [0.15, 0.2) is 16.8 Å². The van der Waals surface area contributed by atoms with Gasteiger partial charge in [-0.3, -0.25) is 0 Å². The van der Waals surface area contributed by atoms with Crippen LogP contribution in [0.5, 0.6) is 0 Å². The van der Waals surface area contributed by atoms with E-state index < -0.39 is 0 Å². The van der Waals surface area contributed by atoms with E-state index in [2.05, 4.69) is 16.8 Å². The molecule has 3 heteroatoms. The maximum absolute atomic E-state index is 5.88. The van der Waals surface area contributed by atoms with E-state index in [0.29, 0.717) is 0 Å². The third-order valence-corrected chi connectivity index (χ3v) is 3.66. The molecule has 2 nitrogen and oxygen atoms in total. The molecular formula is C10H15NOS. The molecule has 2 N–H and O–H groups in total. The average molecular weight is 197 g/mol. The van der Waals surface area contributed by atoms with Crippen LogP contribution in [0.4, 0.5) is 0 Å². The van der Waals surface area contributed by atoms with Crippen LogP contribution in [0.2, 0.25) is 0 Å². The van der Waals surface area contributed by atoms with Crippen molar-refractivity contribution in [1.29, 1.82) is 0 Å². The molecule has 0 bridgehead atoms. The lowest BCUT2D eigenvalue weighted by molar-refractivity contribution is 0.0531. The highest BCUT2D eigenvalue weighted by atomic mass is 32.1. The number of thiophene rings is 1. The Labute approximate surface area is 82.7 Å². The van der Waals surface area contributed by atoms with Crippen molar-refractivity contribution in [1.82, 2.24) is 0 Å². The van der Waals surface area contributed by atoms with E-state index in [0.717, 1.165) is 32.6 Å². The molecule has 0 unspecified atom stereocenters. The summed E-state index contributed by atoms with van der Waals surface area (Å²) < 4.78 is 5.37. The zero-order chi connectivity index (χ0) is 9.15. The second-order valence-electron chi connectivity index (χ2n) is 3.61. The SMILES string of the molecule is NCC1(c2ccsc2)CCOCC1. The van der Waals surface area contributed by atoms with Gasteiger partial charge in [0.15, 0.2) is 0 Å². The molecule has 0 aliphatic carbocycles. The first-order chi connectivity index (χ1) is 6.37. The predicted molar refractivity (Wildman–Crippen MR) is 55.1 cm³/mol. The van der Waals surface area contributed by atoms with Crippen LogP contribution in [0.1, 0.15) is 18.4 Å². The minimum atomic E-state index is 0.207. The first-order valence-corrected chi connectivity index (χ1v) is 5.62. The first-order valence-electron chi connectivity index (χ1n) is 4.68. The summed E-state index contributed by atoms with van der Waals surface area (Å²) in [5.41, 5.74) is 7.49. The summed E-state index contributed by atoms with van der Waals surface area (Å²) in [5.74, 6) is 0. The number of ether oxygens (including phenoxy) is 1. The fraction of sp³-hybridized carbons (Fsp3) is 0.600. The van der Waals surface area contributed by atoms with E-state index in [9.17, 15) is 0 Å². The summed E-state index contributed by atoms with van der Waals surface area (Å²) in [4.78, 5) is 0. The third-order valence-electron chi connectivity index (χ3n) is 2.97. The summed E-state index contributed by atoms with van der Waals surface area (Å²) in [6.07, 6.45) is 2.14. The molecule has 1 aliphatic rings. The van der Waals surface area contributed by atoms with Crippen molar-refractivity contribution in [3.8, 4) is 0 Å². The van der Waals surface area contributed by atoms with E-state index >= 15 is 0 Å². The standard InChI is InChI=1S/C10H15NOS/c11-8-10(2-4-12-5-3-10)9-1-6-13-7-9/h1,6-7H,2-5,8,11H2. The monoisotopic (exact) mass is 197 g/mol. The summed E-state index contributed by atoms with van der Waals surface area (Å²) in [6.45, 7) is 2.45. The Bertz CT molecular complexity index is 252. The van der Waals surface area contributed by atoms with Gasteiger partial charge in [0.1, 0.15) is 0 Å². The highest BCUT2D eigenvalue weighted by molar-refractivity contribution is 7.08. The van der Waals surface area contributed by atoms with Gasteiger partial charge in [0, 0.05) is 25.2 Å². The Kier molecular flexibility index (Phi) is 2.67. The molecule has 1 aromatic rings. The van der Waals surface area contributed by atoms with E-state index in [4.69, 9.17) is 10.5 Å². The smallest absolute Gasteiger partial charge is 0.0475 e. The molecule has 0 spiro atoms. The molecule has 2 rings (SSSR count). The molecule has 72 valence electrons. The molecule has 1 saturated heterocycles. The summed E-state index contributed by atoms with van der Waals surface area (Å²) in [7, 11) is 0. The van der Waals surface area contributed by atoms with Crippen molar-refractivity contribution in [2.75, 3.05) is 19.8 Å². The zero-order valence-electron chi connectivity index (χ0n) is 7.66. The Hall–Kier alpha value is -0.380. The minimum Gasteiger partial charge on any atom is -0.381 e. The van der Waals surface area contributed by atoms with Crippen LogP contribution in [0.3, 0.4) is 0 Å². The van der Waals surface area contributed by atoms with E-state index in [1.54, 1.807) is 11.3 Å².